The van der Waals surface area contributed by atoms with Crippen molar-refractivity contribution >= 4 is 11.8 Å². The number of carbonyl (C=O) groups is 1. The van der Waals surface area contributed by atoms with E-state index in [-0.39, 0.29) is 6.03 Å². The molecule has 2 rings (SSSR count). The van der Waals surface area contributed by atoms with Crippen LogP contribution in [0.25, 0.3) is 0 Å². The van der Waals surface area contributed by atoms with Gasteiger partial charge in [0.1, 0.15) is 5.82 Å². The quantitative estimate of drug-likeness (QED) is 0.734. The third-order valence-electron chi connectivity index (χ3n) is 2.71. The van der Waals surface area contributed by atoms with Crippen molar-refractivity contribution in [2.75, 3.05) is 25.0 Å². The molecule has 1 saturated heterocycles. The van der Waals surface area contributed by atoms with Crippen LogP contribution in [0.15, 0.2) is 18.3 Å². The van der Waals surface area contributed by atoms with Crippen molar-refractivity contribution < 1.29 is 4.79 Å². The highest BCUT2D eigenvalue weighted by Crippen LogP contribution is 2.16. The van der Waals surface area contributed by atoms with E-state index in [1.54, 1.807) is 9.80 Å². The van der Waals surface area contributed by atoms with Gasteiger partial charge < -0.3 is 4.90 Å². The number of rotatable bonds is 2. The summed E-state index contributed by atoms with van der Waals surface area (Å²) in [6.07, 6.45) is 2.81. The monoisotopic (exact) mass is 205 g/mol. The van der Waals surface area contributed by atoms with Crippen LogP contribution in [-0.2, 0) is 6.42 Å². The Bertz CT molecular complexity index is 361. The first-order valence-electron chi connectivity index (χ1n) is 5.20. The minimum Gasteiger partial charge on any atom is -0.326 e. The van der Waals surface area contributed by atoms with Crippen molar-refractivity contribution in [2.45, 2.75) is 13.3 Å². The lowest BCUT2D eigenvalue weighted by molar-refractivity contribution is 0.229. The van der Waals surface area contributed by atoms with E-state index in [1.807, 2.05) is 25.4 Å². The maximum absolute atomic E-state index is 11.7. The van der Waals surface area contributed by atoms with Crippen LogP contribution in [0.4, 0.5) is 10.6 Å². The Hall–Kier alpha value is -1.58. The third-order valence-corrected chi connectivity index (χ3v) is 2.71. The average molecular weight is 205 g/mol. The molecule has 0 spiro atoms. The van der Waals surface area contributed by atoms with E-state index in [0.29, 0.717) is 0 Å². The Balaban J connectivity index is 2.19. The smallest absolute Gasteiger partial charge is 0.325 e. The highest BCUT2D eigenvalue weighted by Gasteiger charge is 2.27. The van der Waals surface area contributed by atoms with Crippen LogP contribution in [0.5, 0.6) is 0 Å². The zero-order chi connectivity index (χ0) is 10.8. The molecular formula is C11H15N3O. The van der Waals surface area contributed by atoms with Gasteiger partial charge in [-0.1, -0.05) is 13.0 Å². The zero-order valence-corrected chi connectivity index (χ0v) is 9.10. The van der Waals surface area contributed by atoms with Crippen LogP contribution in [0.3, 0.4) is 0 Å². The molecular weight excluding hydrogens is 190 g/mol. The molecule has 2 heterocycles. The van der Waals surface area contributed by atoms with Crippen LogP contribution >= 0.6 is 0 Å². The number of hydrogen-bond donors (Lipinski definition) is 0. The number of aromatic nitrogens is 1. The van der Waals surface area contributed by atoms with Gasteiger partial charge in [0, 0.05) is 26.3 Å². The Morgan fingerprint density at radius 1 is 1.40 bits per heavy atom. The molecule has 0 aliphatic carbocycles. The first-order valence-corrected chi connectivity index (χ1v) is 5.20. The number of carbonyl (C=O) groups excluding carboxylic acids is 1. The van der Waals surface area contributed by atoms with Gasteiger partial charge in [0.25, 0.3) is 0 Å². The lowest BCUT2D eigenvalue weighted by Crippen LogP contribution is -2.29. The molecule has 0 aromatic carbocycles. The van der Waals surface area contributed by atoms with Gasteiger partial charge in [-0.2, -0.15) is 0 Å². The van der Waals surface area contributed by atoms with Crippen LogP contribution < -0.4 is 4.90 Å². The van der Waals surface area contributed by atoms with Gasteiger partial charge in [-0.15, -0.1) is 0 Å². The largest absolute Gasteiger partial charge is 0.326 e. The van der Waals surface area contributed by atoms with Gasteiger partial charge in [0.05, 0.1) is 0 Å². The fourth-order valence-electron chi connectivity index (χ4n) is 1.65. The number of hydrogen-bond acceptors (Lipinski definition) is 2. The summed E-state index contributed by atoms with van der Waals surface area (Å²) in [4.78, 5) is 19.4. The Kier molecular flexibility index (Phi) is 2.58. The summed E-state index contributed by atoms with van der Waals surface area (Å²) in [5.41, 5.74) is 1.19. The minimum absolute atomic E-state index is 0.0340. The number of nitrogens with zero attached hydrogens (tertiary/aromatic N) is 3. The van der Waals surface area contributed by atoms with Gasteiger partial charge in [-0.05, 0) is 18.1 Å². The highest BCUT2D eigenvalue weighted by molar-refractivity contribution is 5.92. The van der Waals surface area contributed by atoms with Gasteiger partial charge in [0.2, 0.25) is 0 Å². The summed E-state index contributed by atoms with van der Waals surface area (Å²) >= 11 is 0. The summed E-state index contributed by atoms with van der Waals surface area (Å²) in [6, 6.07) is 3.97. The average Bonchev–Trinajstić information content (AvgIpc) is 2.60. The maximum Gasteiger partial charge on any atom is 0.325 e. The third kappa shape index (κ3) is 1.79. The molecule has 1 aliphatic rings. The first kappa shape index (κ1) is 9.96. The van der Waals surface area contributed by atoms with Gasteiger partial charge in [-0.25, -0.2) is 9.78 Å². The highest BCUT2D eigenvalue weighted by atomic mass is 16.2. The Labute approximate surface area is 89.5 Å². The number of likely N-dealkylation sites (N-methyl/N-ethyl adjacent to an activating group) is 1. The van der Waals surface area contributed by atoms with Gasteiger partial charge in [-0.3, -0.25) is 4.90 Å². The van der Waals surface area contributed by atoms with E-state index >= 15 is 0 Å². The van der Waals surface area contributed by atoms with Gasteiger partial charge >= 0.3 is 6.03 Å². The van der Waals surface area contributed by atoms with Crippen LogP contribution in [0.2, 0.25) is 0 Å². The maximum atomic E-state index is 11.7. The van der Waals surface area contributed by atoms with Gasteiger partial charge in [0.15, 0.2) is 0 Å². The predicted molar refractivity (Wildman–Crippen MR) is 59.0 cm³/mol. The second-order valence-electron chi connectivity index (χ2n) is 3.73. The summed E-state index contributed by atoms with van der Waals surface area (Å²) in [5, 5.41) is 0. The van der Waals surface area contributed by atoms with Crippen LogP contribution in [-0.4, -0.2) is 36.1 Å². The number of amides is 2. The molecule has 0 unspecified atom stereocenters. The number of pyridine rings is 1. The lowest BCUT2D eigenvalue weighted by atomic mass is 10.2. The van der Waals surface area contributed by atoms with E-state index in [9.17, 15) is 4.79 Å². The van der Waals surface area contributed by atoms with Crippen molar-refractivity contribution in [1.82, 2.24) is 9.88 Å². The van der Waals surface area contributed by atoms with Crippen molar-refractivity contribution in [1.29, 1.82) is 0 Å². The summed E-state index contributed by atoms with van der Waals surface area (Å²) in [7, 11) is 1.81. The normalized spacial score (nSPS) is 16.3. The molecule has 1 aliphatic heterocycles. The predicted octanol–water partition coefficient (Wildman–Crippen LogP) is 1.52. The molecule has 0 radical (unpaired) electrons. The number of anilines is 1. The molecule has 1 aromatic rings. The standard InChI is InChI=1S/C11H15N3O/c1-3-9-4-5-10(12-8-9)14-7-6-13(2)11(14)15/h4-5,8H,3,6-7H2,1-2H3. The minimum atomic E-state index is 0.0340. The van der Waals surface area contributed by atoms with E-state index in [1.165, 1.54) is 5.56 Å². The molecule has 1 fully saturated rings. The van der Waals surface area contributed by atoms with E-state index < -0.39 is 0 Å². The molecule has 2 amide bonds. The lowest BCUT2D eigenvalue weighted by Gasteiger charge is -2.14. The first-order chi connectivity index (χ1) is 7.22. The fourth-order valence-corrected chi connectivity index (χ4v) is 1.65. The summed E-state index contributed by atoms with van der Waals surface area (Å²) < 4.78 is 0. The topological polar surface area (TPSA) is 36.4 Å². The number of aryl methyl sites for hydroxylation is 1. The molecule has 0 N–H and O–H groups in total. The summed E-state index contributed by atoms with van der Waals surface area (Å²) in [5.74, 6) is 0.751. The zero-order valence-electron chi connectivity index (χ0n) is 9.10. The molecule has 15 heavy (non-hydrogen) atoms. The molecule has 0 atom stereocenters. The molecule has 80 valence electrons. The van der Waals surface area contributed by atoms with Crippen LogP contribution in [0, 0.1) is 0 Å². The molecule has 4 nitrogen and oxygen atoms in total. The van der Waals surface area contributed by atoms with Crippen LogP contribution in [0.1, 0.15) is 12.5 Å². The molecule has 0 bridgehead atoms. The van der Waals surface area contributed by atoms with Crippen molar-refractivity contribution in [3.05, 3.63) is 23.9 Å². The second-order valence-corrected chi connectivity index (χ2v) is 3.73. The molecule has 4 heteroatoms. The SMILES string of the molecule is CCc1ccc(N2CCN(C)C2=O)nc1. The second kappa shape index (κ2) is 3.88. The summed E-state index contributed by atoms with van der Waals surface area (Å²) in [6.45, 7) is 3.59. The van der Waals surface area contributed by atoms with E-state index in [0.717, 1.165) is 25.3 Å². The Morgan fingerprint density at radius 2 is 2.20 bits per heavy atom. The molecule has 1 aromatic heterocycles. The number of urea groups is 1. The fraction of sp³-hybridized carbons (Fsp3) is 0.455. The van der Waals surface area contributed by atoms with Crippen molar-refractivity contribution in [2.24, 2.45) is 0 Å². The van der Waals surface area contributed by atoms with Crippen molar-refractivity contribution in [3.63, 3.8) is 0 Å². The van der Waals surface area contributed by atoms with E-state index in [4.69, 9.17) is 0 Å². The Morgan fingerprint density at radius 3 is 2.67 bits per heavy atom. The van der Waals surface area contributed by atoms with Crippen molar-refractivity contribution in [3.8, 4) is 0 Å². The molecule has 0 saturated carbocycles. The van der Waals surface area contributed by atoms with E-state index in [2.05, 4.69) is 11.9 Å².